The van der Waals surface area contributed by atoms with Gasteiger partial charge in [-0.3, -0.25) is 0 Å². The minimum Gasteiger partial charge on any atom is -0.300 e. The summed E-state index contributed by atoms with van der Waals surface area (Å²) >= 11 is 0. The van der Waals surface area contributed by atoms with Gasteiger partial charge in [-0.2, -0.15) is 0 Å². The normalized spacial score (nSPS) is 21.4. The van der Waals surface area contributed by atoms with Gasteiger partial charge in [0.1, 0.15) is 5.78 Å². The molecular weight excluding hydrogens is 160 g/mol. The number of carbonyl (C=O) groups is 1. The van der Waals surface area contributed by atoms with Crippen LogP contribution in [0.5, 0.6) is 0 Å². The van der Waals surface area contributed by atoms with Gasteiger partial charge in [0, 0.05) is 6.42 Å². The summed E-state index contributed by atoms with van der Waals surface area (Å²) < 4.78 is 0. The Morgan fingerprint density at radius 3 is 2.38 bits per heavy atom. The largest absolute Gasteiger partial charge is 0.300 e. The van der Waals surface area contributed by atoms with Crippen LogP contribution in [-0.2, 0) is 4.79 Å². The van der Waals surface area contributed by atoms with Crippen molar-refractivity contribution in [2.24, 2.45) is 11.8 Å². The van der Waals surface area contributed by atoms with Crippen molar-refractivity contribution in [2.75, 3.05) is 0 Å². The topological polar surface area (TPSA) is 17.1 Å². The summed E-state index contributed by atoms with van der Waals surface area (Å²) in [5.41, 5.74) is 0. The van der Waals surface area contributed by atoms with E-state index in [1.165, 1.54) is 38.5 Å². The van der Waals surface area contributed by atoms with Gasteiger partial charge in [-0.15, -0.1) is 0 Å². The molecule has 13 heavy (non-hydrogen) atoms. The average molecular weight is 182 g/mol. The second-order valence-electron chi connectivity index (χ2n) is 4.47. The maximum atomic E-state index is 11.1. The van der Waals surface area contributed by atoms with Crippen LogP contribution in [0.25, 0.3) is 0 Å². The highest BCUT2D eigenvalue weighted by molar-refractivity contribution is 5.75. The van der Waals surface area contributed by atoms with Gasteiger partial charge >= 0.3 is 0 Å². The molecular formula is C12H22O. The quantitative estimate of drug-likeness (QED) is 0.649. The fourth-order valence-electron chi connectivity index (χ4n) is 2.62. The van der Waals surface area contributed by atoms with E-state index < -0.39 is 0 Å². The Morgan fingerprint density at radius 2 is 1.92 bits per heavy atom. The monoisotopic (exact) mass is 182 g/mol. The number of hydrogen-bond donors (Lipinski definition) is 0. The fraction of sp³-hybridized carbons (Fsp3) is 0.917. The molecule has 0 N–H and O–H groups in total. The second-order valence-corrected chi connectivity index (χ2v) is 4.47. The van der Waals surface area contributed by atoms with E-state index in [1.54, 1.807) is 6.92 Å². The number of rotatable bonds is 4. The fourth-order valence-corrected chi connectivity index (χ4v) is 2.62. The third kappa shape index (κ3) is 3.50. The smallest absolute Gasteiger partial charge is 0.130 e. The molecule has 1 heteroatoms. The molecule has 0 amide bonds. The molecule has 0 aliphatic heterocycles. The zero-order chi connectivity index (χ0) is 9.68. The molecule has 0 aromatic rings. The SMILES string of the molecule is CC[C@@H](CC(C)=O)C1CCCCC1. The summed E-state index contributed by atoms with van der Waals surface area (Å²) in [7, 11) is 0. The predicted octanol–water partition coefficient (Wildman–Crippen LogP) is 3.57. The summed E-state index contributed by atoms with van der Waals surface area (Å²) in [5, 5.41) is 0. The number of carbonyl (C=O) groups excluding carboxylic acids is 1. The van der Waals surface area contributed by atoms with Gasteiger partial charge in [0.15, 0.2) is 0 Å². The van der Waals surface area contributed by atoms with Crippen LogP contribution >= 0.6 is 0 Å². The summed E-state index contributed by atoms with van der Waals surface area (Å²) in [6.07, 6.45) is 8.92. The highest BCUT2D eigenvalue weighted by Crippen LogP contribution is 2.33. The van der Waals surface area contributed by atoms with Crippen LogP contribution in [0.4, 0.5) is 0 Å². The molecule has 0 radical (unpaired) electrons. The van der Waals surface area contributed by atoms with Crippen LogP contribution in [-0.4, -0.2) is 5.78 Å². The zero-order valence-electron chi connectivity index (χ0n) is 9.01. The van der Waals surface area contributed by atoms with Crippen molar-refractivity contribution in [1.29, 1.82) is 0 Å². The van der Waals surface area contributed by atoms with E-state index in [9.17, 15) is 4.79 Å². The van der Waals surface area contributed by atoms with Crippen LogP contribution < -0.4 is 0 Å². The molecule has 1 rings (SSSR count). The van der Waals surface area contributed by atoms with Crippen molar-refractivity contribution in [1.82, 2.24) is 0 Å². The third-order valence-electron chi connectivity index (χ3n) is 3.39. The Hall–Kier alpha value is -0.330. The van der Waals surface area contributed by atoms with Crippen LogP contribution in [0.15, 0.2) is 0 Å². The molecule has 1 nitrogen and oxygen atoms in total. The van der Waals surface area contributed by atoms with E-state index in [4.69, 9.17) is 0 Å². The highest BCUT2D eigenvalue weighted by Gasteiger charge is 2.22. The lowest BCUT2D eigenvalue weighted by atomic mass is 9.77. The Bertz CT molecular complexity index is 157. The summed E-state index contributed by atoms with van der Waals surface area (Å²) in [6.45, 7) is 3.95. The van der Waals surface area contributed by atoms with E-state index in [-0.39, 0.29) is 0 Å². The Morgan fingerprint density at radius 1 is 1.31 bits per heavy atom. The minimum atomic E-state index is 0.373. The van der Waals surface area contributed by atoms with Crippen molar-refractivity contribution in [2.45, 2.75) is 58.8 Å². The molecule has 76 valence electrons. The molecule has 1 aliphatic carbocycles. The van der Waals surface area contributed by atoms with Crippen LogP contribution in [0.1, 0.15) is 58.8 Å². The van der Waals surface area contributed by atoms with Gasteiger partial charge in [-0.1, -0.05) is 45.4 Å². The lowest BCUT2D eigenvalue weighted by Crippen LogP contribution is -2.19. The summed E-state index contributed by atoms with van der Waals surface area (Å²) in [5.74, 6) is 1.90. The summed E-state index contributed by atoms with van der Waals surface area (Å²) in [4.78, 5) is 11.1. The minimum absolute atomic E-state index is 0.373. The first-order valence-electron chi connectivity index (χ1n) is 5.73. The molecule has 0 aromatic carbocycles. The highest BCUT2D eigenvalue weighted by atomic mass is 16.1. The molecule has 0 spiro atoms. The van der Waals surface area contributed by atoms with Gasteiger partial charge < -0.3 is 4.79 Å². The molecule has 1 aliphatic rings. The zero-order valence-corrected chi connectivity index (χ0v) is 9.01. The Kier molecular flexibility index (Phi) is 4.47. The van der Waals surface area contributed by atoms with Crippen molar-refractivity contribution in [3.63, 3.8) is 0 Å². The van der Waals surface area contributed by atoms with E-state index in [1.807, 2.05) is 0 Å². The lowest BCUT2D eigenvalue weighted by Gasteiger charge is -2.28. The molecule has 0 aromatic heterocycles. The van der Waals surface area contributed by atoms with Crippen molar-refractivity contribution >= 4 is 5.78 Å². The first-order chi connectivity index (χ1) is 6.24. The molecule has 1 saturated carbocycles. The van der Waals surface area contributed by atoms with Crippen molar-refractivity contribution in [3.05, 3.63) is 0 Å². The maximum Gasteiger partial charge on any atom is 0.130 e. The Balaban J connectivity index is 2.39. The molecule has 0 heterocycles. The average Bonchev–Trinajstić information content (AvgIpc) is 2.15. The number of hydrogen-bond acceptors (Lipinski definition) is 1. The molecule has 1 fully saturated rings. The lowest BCUT2D eigenvalue weighted by molar-refractivity contribution is -0.118. The standard InChI is InChI=1S/C12H22O/c1-3-11(9-10(2)13)12-7-5-4-6-8-12/h11-12H,3-9H2,1-2H3/t11-/m0/s1. The van der Waals surface area contributed by atoms with Gasteiger partial charge in [-0.05, 0) is 18.8 Å². The van der Waals surface area contributed by atoms with Gasteiger partial charge in [0.2, 0.25) is 0 Å². The third-order valence-corrected chi connectivity index (χ3v) is 3.39. The maximum absolute atomic E-state index is 11.1. The number of ketones is 1. The van der Waals surface area contributed by atoms with Crippen LogP contribution in [0.3, 0.4) is 0 Å². The second kappa shape index (κ2) is 5.41. The number of Topliss-reactive ketones (excluding diaryl/α,β-unsaturated/α-hetero) is 1. The van der Waals surface area contributed by atoms with Crippen LogP contribution in [0, 0.1) is 11.8 Å². The van der Waals surface area contributed by atoms with E-state index >= 15 is 0 Å². The molecule has 0 bridgehead atoms. The van der Waals surface area contributed by atoms with Gasteiger partial charge in [0.05, 0.1) is 0 Å². The Labute approximate surface area is 81.9 Å². The molecule has 0 unspecified atom stereocenters. The van der Waals surface area contributed by atoms with E-state index in [2.05, 4.69) is 6.92 Å². The van der Waals surface area contributed by atoms with E-state index in [0.717, 1.165) is 12.3 Å². The van der Waals surface area contributed by atoms with Crippen molar-refractivity contribution < 1.29 is 4.79 Å². The molecule has 0 saturated heterocycles. The summed E-state index contributed by atoms with van der Waals surface area (Å²) in [6, 6.07) is 0. The first-order valence-corrected chi connectivity index (χ1v) is 5.73. The van der Waals surface area contributed by atoms with Crippen LogP contribution in [0.2, 0.25) is 0 Å². The van der Waals surface area contributed by atoms with Gasteiger partial charge in [0.25, 0.3) is 0 Å². The van der Waals surface area contributed by atoms with Gasteiger partial charge in [-0.25, -0.2) is 0 Å². The molecule has 1 atom stereocenters. The first kappa shape index (κ1) is 10.7. The van der Waals surface area contributed by atoms with E-state index in [0.29, 0.717) is 11.7 Å². The predicted molar refractivity (Wildman–Crippen MR) is 55.7 cm³/mol. The van der Waals surface area contributed by atoms with Crippen molar-refractivity contribution in [3.8, 4) is 0 Å².